The zero-order valence-corrected chi connectivity index (χ0v) is 14.4. The second-order valence-corrected chi connectivity index (χ2v) is 6.72. The zero-order chi connectivity index (χ0) is 16.9. The first-order valence-corrected chi connectivity index (χ1v) is 8.94. The molecule has 2 aromatic carbocycles. The van der Waals surface area contributed by atoms with Gasteiger partial charge in [0.05, 0.1) is 6.33 Å². The topological polar surface area (TPSA) is 33.1 Å². The zero-order valence-electron chi connectivity index (χ0n) is 14.4. The Kier molecular flexibility index (Phi) is 4.91. The Labute approximate surface area is 149 Å². The molecule has 4 heteroatoms. The second-order valence-electron chi connectivity index (χ2n) is 6.72. The summed E-state index contributed by atoms with van der Waals surface area (Å²) in [4.78, 5) is 6.63. The number of likely N-dealkylation sites (tertiary alicyclic amines) is 1. The van der Waals surface area contributed by atoms with Crippen LogP contribution in [0.1, 0.15) is 17.5 Å². The van der Waals surface area contributed by atoms with Crippen molar-refractivity contribution >= 4 is 0 Å². The highest BCUT2D eigenvalue weighted by Gasteiger charge is 2.21. The molecule has 1 aliphatic rings. The summed E-state index contributed by atoms with van der Waals surface area (Å²) in [5.74, 6) is 0. The summed E-state index contributed by atoms with van der Waals surface area (Å²) < 4.78 is 2.02. The number of hydrogen-bond donors (Lipinski definition) is 1. The fraction of sp³-hybridized carbons (Fsp3) is 0.286. The Morgan fingerprint density at radius 3 is 2.60 bits per heavy atom. The molecule has 1 atom stereocenters. The highest BCUT2D eigenvalue weighted by atomic mass is 15.2. The van der Waals surface area contributed by atoms with E-state index in [-0.39, 0.29) is 0 Å². The standard InChI is InChI=1S/C21H24N4/c1-2-4-19(5-3-1)15-24-12-10-20(16-24)23-14-18-6-8-21(9-7-18)25-13-11-22-17-25/h1-9,11,13,17,20,23H,10,12,14-16H2/t20-/m0/s1. The van der Waals surface area contributed by atoms with Crippen molar-refractivity contribution in [1.82, 2.24) is 19.8 Å². The van der Waals surface area contributed by atoms with Gasteiger partial charge in [0.15, 0.2) is 0 Å². The van der Waals surface area contributed by atoms with Crippen molar-refractivity contribution in [1.29, 1.82) is 0 Å². The lowest BCUT2D eigenvalue weighted by Gasteiger charge is -2.17. The van der Waals surface area contributed by atoms with Crippen LogP contribution in [0.5, 0.6) is 0 Å². The van der Waals surface area contributed by atoms with Crippen LogP contribution in [0, 0.1) is 0 Å². The first-order valence-electron chi connectivity index (χ1n) is 8.94. The van der Waals surface area contributed by atoms with E-state index in [0.717, 1.165) is 25.3 Å². The van der Waals surface area contributed by atoms with Crippen molar-refractivity contribution in [3.63, 3.8) is 0 Å². The second kappa shape index (κ2) is 7.64. The molecule has 2 heterocycles. The number of rotatable bonds is 6. The van der Waals surface area contributed by atoms with Gasteiger partial charge < -0.3 is 9.88 Å². The summed E-state index contributed by atoms with van der Waals surface area (Å²) in [6.07, 6.45) is 6.82. The molecular formula is C21H24N4. The van der Waals surface area contributed by atoms with Crippen LogP contribution in [0.3, 0.4) is 0 Å². The van der Waals surface area contributed by atoms with Crippen LogP contribution < -0.4 is 5.32 Å². The van der Waals surface area contributed by atoms with Crippen LogP contribution in [0.15, 0.2) is 73.3 Å². The third kappa shape index (κ3) is 4.16. The fourth-order valence-corrected chi connectivity index (χ4v) is 3.44. The van der Waals surface area contributed by atoms with Gasteiger partial charge in [-0.2, -0.15) is 0 Å². The average Bonchev–Trinajstić information content (AvgIpc) is 3.33. The molecule has 1 aliphatic heterocycles. The van der Waals surface area contributed by atoms with Crippen molar-refractivity contribution in [2.75, 3.05) is 13.1 Å². The maximum atomic E-state index is 4.09. The average molecular weight is 332 g/mol. The van der Waals surface area contributed by atoms with Gasteiger partial charge in [-0.3, -0.25) is 4.90 Å². The van der Waals surface area contributed by atoms with Gasteiger partial charge in [0.1, 0.15) is 0 Å². The largest absolute Gasteiger partial charge is 0.309 e. The first-order chi connectivity index (χ1) is 12.4. The van der Waals surface area contributed by atoms with Crippen LogP contribution in [0.25, 0.3) is 5.69 Å². The Bertz CT molecular complexity index is 765. The molecule has 4 rings (SSSR count). The number of aromatic nitrogens is 2. The highest BCUT2D eigenvalue weighted by molar-refractivity contribution is 5.34. The summed E-state index contributed by atoms with van der Waals surface area (Å²) in [6, 6.07) is 20.0. The van der Waals surface area contributed by atoms with Crippen molar-refractivity contribution in [2.45, 2.75) is 25.6 Å². The van der Waals surface area contributed by atoms with E-state index in [2.05, 4.69) is 69.8 Å². The molecule has 25 heavy (non-hydrogen) atoms. The molecule has 1 N–H and O–H groups in total. The van der Waals surface area contributed by atoms with Crippen molar-refractivity contribution in [3.8, 4) is 5.69 Å². The summed E-state index contributed by atoms with van der Waals surface area (Å²) in [5, 5.41) is 3.71. The number of hydrogen-bond acceptors (Lipinski definition) is 3. The molecule has 128 valence electrons. The lowest BCUT2D eigenvalue weighted by Crippen LogP contribution is -2.31. The number of imidazole rings is 1. The van der Waals surface area contributed by atoms with E-state index >= 15 is 0 Å². The lowest BCUT2D eigenvalue weighted by molar-refractivity contribution is 0.320. The molecule has 1 saturated heterocycles. The molecule has 4 nitrogen and oxygen atoms in total. The van der Waals surface area contributed by atoms with Gasteiger partial charge in [0.2, 0.25) is 0 Å². The number of nitrogens with one attached hydrogen (secondary N) is 1. The van der Waals surface area contributed by atoms with Crippen molar-refractivity contribution in [3.05, 3.63) is 84.4 Å². The van der Waals surface area contributed by atoms with Crippen LogP contribution in [0.4, 0.5) is 0 Å². The van der Waals surface area contributed by atoms with Crippen LogP contribution in [-0.2, 0) is 13.1 Å². The third-order valence-corrected chi connectivity index (χ3v) is 4.86. The first kappa shape index (κ1) is 16.1. The van der Waals surface area contributed by atoms with E-state index in [9.17, 15) is 0 Å². The molecule has 0 bridgehead atoms. The maximum Gasteiger partial charge on any atom is 0.0991 e. The molecule has 1 aromatic heterocycles. The monoisotopic (exact) mass is 332 g/mol. The quantitative estimate of drug-likeness (QED) is 0.752. The minimum atomic E-state index is 0.581. The van der Waals surface area contributed by atoms with Crippen LogP contribution >= 0.6 is 0 Å². The normalized spacial score (nSPS) is 17.8. The van der Waals surface area contributed by atoms with E-state index in [4.69, 9.17) is 0 Å². The van der Waals surface area contributed by atoms with Crippen LogP contribution in [0.2, 0.25) is 0 Å². The maximum absolute atomic E-state index is 4.09. The Balaban J connectivity index is 1.26. The van der Waals surface area contributed by atoms with E-state index in [1.165, 1.54) is 24.1 Å². The molecule has 3 aromatic rings. The van der Waals surface area contributed by atoms with Gasteiger partial charge in [-0.1, -0.05) is 42.5 Å². The van der Waals surface area contributed by atoms with Gasteiger partial charge in [-0.25, -0.2) is 4.98 Å². The molecular weight excluding hydrogens is 308 g/mol. The van der Waals surface area contributed by atoms with Gasteiger partial charge >= 0.3 is 0 Å². The van der Waals surface area contributed by atoms with Gasteiger partial charge in [-0.05, 0) is 29.7 Å². The molecule has 0 radical (unpaired) electrons. The third-order valence-electron chi connectivity index (χ3n) is 4.86. The summed E-state index contributed by atoms with van der Waals surface area (Å²) in [7, 11) is 0. The van der Waals surface area contributed by atoms with Gasteiger partial charge in [-0.15, -0.1) is 0 Å². The molecule has 0 spiro atoms. The Morgan fingerprint density at radius 1 is 1.00 bits per heavy atom. The molecule has 1 fully saturated rings. The Hall–Kier alpha value is -2.43. The predicted octanol–water partition coefficient (Wildman–Crippen LogP) is 3.24. The lowest BCUT2D eigenvalue weighted by atomic mass is 10.2. The van der Waals surface area contributed by atoms with E-state index in [1.807, 2.05) is 17.1 Å². The fourth-order valence-electron chi connectivity index (χ4n) is 3.44. The molecule has 0 aliphatic carbocycles. The van der Waals surface area contributed by atoms with Crippen molar-refractivity contribution in [2.24, 2.45) is 0 Å². The van der Waals surface area contributed by atoms with Crippen molar-refractivity contribution < 1.29 is 0 Å². The predicted molar refractivity (Wildman–Crippen MR) is 101 cm³/mol. The molecule has 0 amide bonds. The van der Waals surface area contributed by atoms with Gasteiger partial charge in [0.25, 0.3) is 0 Å². The number of nitrogens with zero attached hydrogens (tertiary/aromatic N) is 3. The summed E-state index contributed by atoms with van der Waals surface area (Å²) in [6.45, 7) is 4.28. The smallest absolute Gasteiger partial charge is 0.0991 e. The van der Waals surface area contributed by atoms with Gasteiger partial charge in [0, 0.05) is 50.3 Å². The minimum absolute atomic E-state index is 0.581. The molecule has 0 saturated carbocycles. The SMILES string of the molecule is c1ccc(CN2CC[C@H](NCc3ccc(-n4ccnc4)cc3)C2)cc1. The van der Waals surface area contributed by atoms with E-state index < -0.39 is 0 Å². The minimum Gasteiger partial charge on any atom is -0.309 e. The van der Waals surface area contributed by atoms with E-state index in [1.54, 1.807) is 6.20 Å². The van der Waals surface area contributed by atoms with Crippen LogP contribution in [-0.4, -0.2) is 33.6 Å². The molecule has 0 unspecified atom stereocenters. The summed E-state index contributed by atoms with van der Waals surface area (Å²) in [5.41, 5.74) is 3.87. The summed E-state index contributed by atoms with van der Waals surface area (Å²) >= 11 is 0. The highest BCUT2D eigenvalue weighted by Crippen LogP contribution is 2.15. The van der Waals surface area contributed by atoms with E-state index in [0.29, 0.717) is 6.04 Å². The number of benzene rings is 2. The Morgan fingerprint density at radius 2 is 1.84 bits per heavy atom.